The first-order chi connectivity index (χ1) is 16.3. The van der Waals surface area contributed by atoms with Crippen LogP contribution in [0.1, 0.15) is 13.8 Å². The Morgan fingerprint density at radius 2 is 0.600 bits per heavy atom. The van der Waals surface area contributed by atoms with Gasteiger partial charge < -0.3 is 54.8 Å². The summed E-state index contributed by atoms with van der Waals surface area (Å²) in [7, 11) is 0. The van der Waals surface area contributed by atoms with Crippen LogP contribution in [-0.4, -0.2) is 159 Å². The van der Waals surface area contributed by atoms with Crippen LogP contribution in [0.25, 0.3) is 0 Å². The van der Waals surface area contributed by atoms with Crippen LogP contribution in [0.3, 0.4) is 0 Å². The minimum absolute atomic E-state index is 0. The van der Waals surface area contributed by atoms with Crippen molar-refractivity contribution in [3.63, 3.8) is 0 Å². The molecule has 0 aromatic carbocycles. The van der Waals surface area contributed by atoms with E-state index in [-0.39, 0.29) is 47.6 Å². The van der Waals surface area contributed by atoms with Crippen LogP contribution < -0.4 is 34.4 Å². The molecule has 0 aliphatic carbocycles. The van der Waals surface area contributed by atoms with Crippen molar-refractivity contribution in [1.29, 1.82) is 0 Å². The topological polar surface area (TPSA) is 247 Å². The van der Waals surface area contributed by atoms with Crippen LogP contribution in [-0.2, 0) is 21.7 Å². The van der Waals surface area contributed by atoms with Gasteiger partial charge in [0.15, 0.2) is 0 Å². The van der Waals surface area contributed by atoms with Crippen molar-refractivity contribution in [2.75, 3.05) is 118 Å². The molecule has 14 heteroatoms. The van der Waals surface area contributed by atoms with Gasteiger partial charge >= 0.3 is 0 Å². The molecule has 35 heavy (non-hydrogen) atoms. The molecule has 16 N–H and O–H groups in total. The van der Waals surface area contributed by atoms with Crippen LogP contribution in [0.15, 0.2) is 0 Å². The second-order valence-electron chi connectivity index (χ2n) is 7.52. The first kappa shape index (κ1) is 45.1. The zero-order valence-electron chi connectivity index (χ0n) is 22.4. The normalized spacial score (nSPS) is 10.3. The van der Waals surface area contributed by atoms with Gasteiger partial charge in [-0.05, 0) is 13.8 Å². The van der Waals surface area contributed by atoms with E-state index in [4.69, 9.17) is 54.8 Å². The second kappa shape index (κ2) is 41.3. The third-order valence-electron chi connectivity index (χ3n) is 3.92. The molecule has 0 rings (SSSR count). The molecule has 0 saturated carbocycles. The molecule has 0 aromatic rings. The molecule has 0 aliphatic rings. The fourth-order valence-electron chi connectivity index (χ4n) is 2.53. The zero-order valence-corrected chi connectivity index (χ0v) is 24.0. The fourth-order valence-corrected chi connectivity index (χ4v) is 2.53. The predicted octanol–water partition coefficient (Wildman–Crippen LogP) is -5.02. The van der Waals surface area contributed by atoms with Crippen molar-refractivity contribution in [1.82, 2.24) is 14.7 Å². The van der Waals surface area contributed by atoms with Crippen molar-refractivity contribution in [2.24, 2.45) is 34.4 Å². The van der Waals surface area contributed by atoms with E-state index in [0.29, 0.717) is 58.9 Å². The quantitative estimate of drug-likeness (QED) is 0.0720. The van der Waals surface area contributed by atoms with Gasteiger partial charge in [-0.2, -0.15) is 0 Å². The summed E-state index contributed by atoms with van der Waals surface area (Å²) < 4.78 is 0. The molecule has 0 radical (unpaired) electrons. The number of hydrogen-bond acceptors (Lipinski definition) is 13. The Balaban J connectivity index is -0.000000118. The van der Waals surface area contributed by atoms with Gasteiger partial charge in [-0.1, -0.05) is 0 Å². The molecule has 0 heterocycles. The second-order valence-corrected chi connectivity index (χ2v) is 7.52. The number of aliphatic hydroxyl groups excluding tert-OH is 4. The van der Waals surface area contributed by atoms with Crippen molar-refractivity contribution < 1.29 is 42.1 Å². The van der Waals surface area contributed by atoms with Gasteiger partial charge in [0, 0.05) is 126 Å². The molecule has 0 spiro atoms. The molecule has 0 fully saturated rings. The van der Waals surface area contributed by atoms with Gasteiger partial charge in [0.2, 0.25) is 0 Å². The number of hydrogen-bond donors (Lipinski definition) is 10. The van der Waals surface area contributed by atoms with Crippen LogP contribution >= 0.6 is 0 Å². The number of nitrogens with two attached hydrogens (primary N) is 6. The Bertz CT molecular complexity index is 255. The minimum Gasteiger partial charge on any atom is -0.395 e. The van der Waals surface area contributed by atoms with E-state index >= 15 is 0 Å². The monoisotopic (exact) mass is 549 g/mol. The van der Waals surface area contributed by atoms with E-state index in [1.807, 2.05) is 14.7 Å². The molecule has 0 aromatic heterocycles. The Morgan fingerprint density at radius 1 is 0.457 bits per heavy atom. The maximum absolute atomic E-state index is 8.57. The average molecular weight is 550 g/mol. The molecule has 13 nitrogen and oxygen atoms in total. The van der Waals surface area contributed by atoms with Crippen molar-refractivity contribution in [3.05, 3.63) is 0 Å². The summed E-state index contributed by atoms with van der Waals surface area (Å²) in [6.07, 6.45) is -0.167. The molecule has 0 atom stereocenters. The summed E-state index contributed by atoms with van der Waals surface area (Å²) in [6.45, 7) is 14.7. The summed E-state index contributed by atoms with van der Waals surface area (Å²) in [6, 6.07) is 0. The van der Waals surface area contributed by atoms with Crippen molar-refractivity contribution in [2.45, 2.75) is 20.0 Å². The first-order valence-corrected chi connectivity index (χ1v) is 12.2. The van der Waals surface area contributed by atoms with Crippen molar-refractivity contribution >= 4 is 0 Å². The van der Waals surface area contributed by atoms with Gasteiger partial charge in [-0.3, -0.25) is 14.7 Å². The van der Waals surface area contributed by atoms with E-state index < -0.39 is 0 Å². The molecule has 0 aliphatic heterocycles. The maximum atomic E-state index is 8.57. The summed E-state index contributed by atoms with van der Waals surface area (Å²) in [5.74, 6) is 0. The summed E-state index contributed by atoms with van der Waals surface area (Å²) in [5.41, 5.74) is 32.0. The Labute approximate surface area is 229 Å². The van der Waals surface area contributed by atoms with Crippen LogP contribution in [0.4, 0.5) is 0 Å². The first-order valence-electron chi connectivity index (χ1n) is 12.2. The van der Waals surface area contributed by atoms with Gasteiger partial charge in [-0.15, -0.1) is 0 Å². The van der Waals surface area contributed by atoms with Crippen LogP contribution in [0.5, 0.6) is 0 Å². The SMILES string of the molecule is CC(C)O.NCCN(CCN)CCO.NCCN(CCN)CCO.NCCN(CCN)CCO.[Ti]. The Morgan fingerprint density at radius 3 is 0.686 bits per heavy atom. The predicted molar refractivity (Wildman–Crippen MR) is 142 cm³/mol. The Kier molecular flexibility index (Phi) is 53.3. The largest absolute Gasteiger partial charge is 0.395 e. The van der Waals surface area contributed by atoms with E-state index in [1.54, 1.807) is 13.8 Å². The molecular formula is C21H59N9O4Ti. The summed E-state index contributed by atoms with van der Waals surface area (Å²) >= 11 is 0. The van der Waals surface area contributed by atoms with Gasteiger partial charge in [-0.25, -0.2) is 0 Å². The summed E-state index contributed by atoms with van der Waals surface area (Å²) in [5, 5.41) is 33.8. The standard InChI is InChI=1S/3C6H17N3O.C3H8O.Ti/c3*7-1-3-9(4-2-8)5-6-10;1-3(2)4;/h3*10H,1-8H2;3-4H,1-2H3;. The van der Waals surface area contributed by atoms with E-state index in [9.17, 15) is 0 Å². The van der Waals surface area contributed by atoms with Gasteiger partial charge in [0.25, 0.3) is 0 Å². The van der Waals surface area contributed by atoms with E-state index in [0.717, 1.165) is 39.3 Å². The van der Waals surface area contributed by atoms with Gasteiger partial charge in [0.05, 0.1) is 19.8 Å². The average Bonchev–Trinajstić information content (AvgIpc) is 2.76. The summed E-state index contributed by atoms with van der Waals surface area (Å²) in [4.78, 5) is 6.12. The molecule has 0 saturated heterocycles. The third kappa shape index (κ3) is 47.9. The van der Waals surface area contributed by atoms with E-state index in [1.165, 1.54) is 0 Å². The van der Waals surface area contributed by atoms with E-state index in [2.05, 4.69) is 0 Å². The number of nitrogens with zero attached hydrogens (tertiary/aromatic N) is 3. The maximum Gasteiger partial charge on any atom is 0.0558 e. The number of rotatable bonds is 18. The molecule has 216 valence electrons. The molecule has 0 bridgehead atoms. The molecule has 0 amide bonds. The Hall–Kier alpha value is 0.194. The number of aliphatic hydroxyl groups is 4. The van der Waals surface area contributed by atoms with Gasteiger partial charge in [0.1, 0.15) is 0 Å². The zero-order chi connectivity index (χ0) is 27.0. The fraction of sp³-hybridized carbons (Fsp3) is 1.00. The minimum atomic E-state index is -0.167. The smallest absolute Gasteiger partial charge is 0.0558 e. The molecular weight excluding hydrogens is 490 g/mol. The van der Waals surface area contributed by atoms with Crippen LogP contribution in [0.2, 0.25) is 0 Å². The molecule has 0 unspecified atom stereocenters. The van der Waals surface area contributed by atoms with Crippen molar-refractivity contribution in [3.8, 4) is 0 Å². The van der Waals surface area contributed by atoms with Crippen LogP contribution in [0, 0.1) is 0 Å². The third-order valence-corrected chi connectivity index (χ3v) is 3.92.